The first-order valence-corrected chi connectivity index (χ1v) is 7.11. The van der Waals surface area contributed by atoms with Gasteiger partial charge in [0, 0.05) is 0 Å². The number of carbonyl (C=O) groups is 1. The first-order valence-electron chi connectivity index (χ1n) is 5.25. The molecule has 0 aliphatic heterocycles. The zero-order valence-corrected chi connectivity index (χ0v) is 11.3. The van der Waals surface area contributed by atoms with Crippen molar-refractivity contribution in [3.05, 3.63) is 17.5 Å². The summed E-state index contributed by atoms with van der Waals surface area (Å²) in [6, 6.07) is 3.83. The van der Waals surface area contributed by atoms with Gasteiger partial charge in [0.05, 0.1) is 17.2 Å². The maximum atomic E-state index is 11.2. The maximum absolute atomic E-state index is 11.2. The lowest BCUT2D eigenvalue weighted by molar-refractivity contribution is -0.139. The Balaban J connectivity index is 2.05. The van der Waals surface area contributed by atoms with Gasteiger partial charge in [-0.2, -0.15) is 0 Å². The molecule has 0 aliphatic rings. The van der Waals surface area contributed by atoms with Crippen molar-refractivity contribution in [2.24, 2.45) is 0 Å². The smallest absolute Gasteiger partial charge is 0.316 e. The third-order valence-corrected chi connectivity index (χ3v) is 3.81. The summed E-state index contributed by atoms with van der Waals surface area (Å²) in [7, 11) is 0. The van der Waals surface area contributed by atoms with E-state index in [1.165, 1.54) is 27.8 Å². The highest BCUT2D eigenvalue weighted by atomic mass is 32.2. The van der Waals surface area contributed by atoms with Crippen LogP contribution in [-0.4, -0.2) is 33.2 Å². The van der Waals surface area contributed by atoms with Gasteiger partial charge in [-0.25, -0.2) is 4.68 Å². The van der Waals surface area contributed by atoms with Crippen molar-refractivity contribution in [3.8, 4) is 10.7 Å². The van der Waals surface area contributed by atoms with Crippen LogP contribution in [-0.2, 0) is 9.53 Å². The number of rotatable bonds is 5. The molecule has 2 aromatic rings. The van der Waals surface area contributed by atoms with Gasteiger partial charge in [-0.3, -0.25) is 4.79 Å². The summed E-state index contributed by atoms with van der Waals surface area (Å²) in [4.78, 5) is 12.2. The highest BCUT2D eigenvalue weighted by Gasteiger charge is 2.14. The van der Waals surface area contributed by atoms with E-state index in [0.717, 1.165) is 4.88 Å². The van der Waals surface area contributed by atoms with Gasteiger partial charge in [-0.15, -0.1) is 21.5 Å². The second kappa shape index (κ2) is 5.87. The summed E-state index contributed by atoms with van der Waals surface area (Å²) in [5, 5.41) is 10.4. The van der Waals surface area contributed by atoms with Crippen LogP contribution in [0.4, 0.5) is 0 Å². The van der Waals surface area contributed by atoms with E-state index < -0.39 is 0 Å². The summed E-state index contributed by atoms with van der Waals surface area (Å²) < 4.78 is 6.21. The molecular formula is C10H12N4O2S2. The molecule has 0 aromatic carbocycles. The fourth-order valence-electron chi connectivity index (χ4n) is 1.28. The molecule has 2 rings (SSSR count). The van der Waals surface area contributed by atoms with Crippen LogP contribution in [0.5, 0.6) is 0 Å². The molecule has 0 radical (unpaired) electrons. The largest absolute Gasteiger partial charge is 0.465 e. The van der Waals surface area contributed by atoms with Crippen LogP contribution in [0.1, 0.15) is 6.92 Å². The van der Waals surface area contributed by atoms with E-state index in [9.17, 15) is 4.79 Å². The molecule has 6 nitrogen and oxygen atoms in total. The number of ether oxygens (including phenoxy) is 1. The summed E-state index contributed by atoms with van der Waals surface area (Å²) in [6.07, 6.45) is 0. The second-order valence-electron chi connectivity index (χ2n) is 3.25. The van der Waals surface area contributed by atoms with E-state index in [0.29, 0.717) is 17.6 Å². The minimum atomic E-state index is -0.289. The monoisotopic (exact) mass is 284 g/mol. The van der Waals surface area contributed by atoms with Crippen LogP contribution in [0.2, 0.25) is 0 Å². The van der Waals surface area contributed by atoms with Crippen LogP contribution in [0.25, 0.3) is 10.7 Å². The normalized spacial score (nSPS) is 10.5. The SMILES string of the molecule is CCOC(=O)CSc1nnc(-c2cccs2)n1N. The van der Waals surface area contributed by atoms with Gasteiger partial charge in [0.25, 0.3) is 0 Å². The second-order valence-corrected chi connectivity index (χ2v) is 5.14. The number of hydrogen-bond acceptors (Lipinski definition) is 7. The van der Waals surface area contributed by atoms with Gasteiger partial charge in [0.15, 0.2) is 5.82 Å². The standard InChI is InChI=1S/C10H12N4O2S2/c1-2-16-8(15)6-18-10-13-12-9(14(10)11)7-4-3-5-17-7/h3-5H,2,6,11H2,1H3. The lowest BCUT2D eigenvalue weighted by Crippen LogP contribution is -2.13. The van der Waals surface area contributed by atoms with E-state index >= 15 is 0 Å². The average Bonchev–Trinajstić information content (AvgIpc) is 2.96. The number of hydrogen-bond donors (Lipinski definition) is 1. The van der Waals surface area contributed by atoms with Crippen molar-refractivity contribution in [2.45, 2.75) is 12.1 Å². The molecule has 0 saturated carbocycles. The molecule has 0 spiro atoms. The number of thioether (sulfide) groups is 1. The Kier molecular flexibility index (Phi) is 4.21. The Morgan fingerprint density at radius 3 is 3.11 bits per heavy atom. The van der Waals surface area contributed by atoms with Gasteiger partial charge in [-0.05, 0) is 18.4 Å². The van der Waals surface area contributed by atoms with Crippen molar-refractivity contribution >= 4 is 29.1 Å². The van der Waals surface area contributed by atoms with Gasteiger partial charge >= 0.3 is 5.97 Å². The summed E-state index contributed by atoms with van der Waals surface area (Å²) in [5.74, 6) is 6.36. The molecule has 0 fully saturated rings. The molecule has 0 saturated heterocycles. The predicted octanol–water partition coefficient (Wildman–Crippen LogP) is 1.38. The van der Waals surface area contributed by atoms with E-state index in [2.05, 4.69) is 10.2 Å². The Morgan fingerprint density at radius 2 is 2.44 bits per heavy atom. The number of thiophene rings is 1. The molecule has 2 N–H and O–H groups in total. The topological polar surface area (TPSA) is 83.0 Å². The number of nitrogen functional groups attached to an aromatic ring is 1. The minimum absolute atomic E-state index is 0.174. The molecule has 0 bridgehead atoms. The zero-order valence-electron chi connectivity index (χ0n) is 9.70. The molecule has 96 valence electrons. The highest BCUT2D eigenvalue weighted by molar-refractivity contribution is 7.99. The third-order valence-electron chi connectivity index (χ3n) is 2.03. The minimum Gasteiger partial charge on any atom is -0.465 e. The average molecular weight is 284 g/mol. The Bertz CT molecular complexity index is 524. The Morgan fingerprint density at radius 1 is 1.61 bits per heavy atom. The van der Waals surface area contributed by atoms with Crippen molar-refractivity contribution < 1.29 is 9.53 Å². The van der Waals surface area contributed by atoms with E-state index in [4.69, 9.17) is 10.6 Å². The number of carbonyl (C=O) groups excluding carboxylic acids is 1. The number of nitrogens with two attached hydrogens (primary N) is 1. The zero-order chi connectivity index (χ0) is 13.0. The van der Waals surface area contributed by atoms with Gasteiger partial charge in [0.2, 0.25) is 5.16 Å². The fourth-order valence-corrected chi connectivity index (χ4v) is 2.64. The molecule has 0 amide bonds. The van der Waals surface area contributed by atoms with Crippen LogP contribution < -0.4 is 5.84 Å². The van der Waals surface area contributed by atoms with Crippen LogP contribution in [0.15, 0.2) is 22.7 Å². The molecule has 0 atom stereocenters. The molecule has 2 heterocycles. The van der Waals surface area contributed by atoms with Crippen molar-refractivity contribution in [2.75, 3.05) is 18.2 Å². The quantitative estimate of drug-likeness (QED) is 0.507. The fraction of sp³-hybridized carbons (Fsp3) is 0.300. The van der Waals surface area contributed by atoms with Crippen LogP contribution in [0, 0.1) is 0 Å². The first kappa shape index (κ1) is 12.9. The van der Waals surface area contributed by atoms with E-state index in [-0.39, 0.29) is 11.7 Å². The van der Waals surface area contributed by atoms with Gasteiger partial charge in [0.1, 0.15) is 0 Å². The summed E-state index contributed by atoms with van der Waals surface area (Å²) in [6.45, 7) is 2.14. The first-order chi connectivity index (χ1) is 8.72. The van der Waals surface area contributed by atoms with Crippen molar-refractivity contribution in [1.29, 1.82) is 0 Å². The van der Waals surface area contributed by atoms with Gasteiger partial charge in [-0.1, -0.05) is 17.8 Å². The van der Waals surface area contributed by atoms with Crippen molar-refractivity contribution in [1.82, 2.24) is 14.9 Å². The number of nitrogens with zero attached hydrogens (tertiary/aromatic N) is 3. The Labute approximate surface area is 112 Å². The van der Waals surface area contributed by atoms with Gasteiger partial charge < -0.3 is 10.6 Å². The lowest BCUT2D eigenvalue weighted by Gasteiger charge is -2.02. The summed E-state index contributed by atoms with van der Waals surface area (Å²) >= 11 is 2.74. The predicted molar refractivity (Wildman–Crippen MR) is 70.8 cm³/mol. The Hall–Kier alpha value is -1.54. The molecule has 0 aliphatic carbocycles. The van der Waals surface area contributed by atoms with Crippen LogP contribution in [0.3, 0.4) is 0 Å². The van der Waals surface area contributed by atoms with Crippen molar-refractivity contribution in [3.63, 3.8) is 0 Å². The molecule has 0 unspecified atom stereocenters. The maximum Gasteiger partial charge on any atom is 0.316 e. The van der Waals surface area contributed by atoms with E-state index in [1.54, 1.807) is 6.92 Å². The van der Waals surface area contributed by atoms with Crippen LogP contribution >= 0.6 is 23.1 Å². The molecule has 18 heavy (non-hydrogen) atoms. The lowest BCUT2D eigenvalue weighted by atomic mass is 10.4. The molecule has 2 aromatic heterocycles. The number of aromatic nitrogens is 3. The summed E-state index contributed by atoms with van der Waals surface area (Å²) in [5.41, 5.74) is 0. The highest BCUT2D eigenvalue weighted by Crippen LogP contribution is 2.24. The molecular weight excluding hydrogens is 272 g/mol. The molecule has 8 heteroatoms. The number of esters is 1. The third kappa shape index (κ3) is 2.82. The van der Waals surface area contributed by atoms with E-state index in [1.807, 2.05) is 17.5 Å².